The molecular formula is C17H28O3Si. The van der Waals surface area contributed by atoms with Gasteiger partial charge in [-0.3, -0.25) is 0 Å². The van der Waals surface area contributed by atoms with Crippen LogP contribution in [0.15, 0.2) is 30.3 Å². The smallest absolute Gasteiger partial charge is 0.192 e. The Bertz CT molecular complexity index is 451. The second kappa shape index (κ2) is 6.86. The van der Waals surface area contributed by atoms with E-state index >= 15 is 0 Å². The lowest BCUT2D eigenvalue weighted by Gasteiger charge is -2.40. The molecule has 0 aliphatic heterocycles. The molecule has 0 heterocycles. The van der Waals surface area contributed by atoms with E-state index in [9.17, 15) is 9.90 Å². The lowest BCUT2D eigenvalue weighted by Crippen LogP contribution is -2.47. The van der Waals surface area contributed by atoms with Crippen molar-refractivity contribution in [3.8, 4) is 0 Å². The van der Waals surface area contributed by atoms with Gasteiger partial charge in [-0.05, 0) is 30.6 Å². The maximum absolute atomic E-state index is 11.4. The fourth-order valence-corrected chi connectivity index (χ4v) is 3.46. The lowest BCUT2D eigenvalue weighted by atomic mass is 9.92. The number of aliphatic hydroxyl groups is 1. The summed E-state index contributed by atoms with van der Waals surface area (Å²) in [6, 6.07) is 9.37. The van der Waals surface area contributed by atoms with Crippen LogP contribution in [0.4, 0.5) is 0 Å². The first-order chi connectivity index (χ1) is 9.60. The molecular weight excluding hydrogens is 280 g/mol. The van der Waals surface area contributed by atoms with Crippen LogP contribution >= 0.6 is 0 Å². The van der Waals surface area contributed by atoms with E-state index in [1.165, 1.54) is 0 Å². The number of aldehydes is 1. The summed E-state index contributed by atoms with van der Waals surface area (Å²) in [6.45, 7) is 12.6. The van der Waals surface area contributed by atoms with Crippen molar-refractivity contribution in [2.45, 2.75) is 64.0 Å². The average molecular weight is 308 g/mol. The van der Waals surface area contributed by atoms with Gasteiger partial charge in [-0.25, -0.2) is 0 Å². The Hall–Kier alpha value is -0.973. The first-order valence-corrected chi connectivity index (χ1v) is 10.4. The van der Waals surface area contributed by atoms with Crippen molar-refractivity contribution in [1.82, 2.24) is 0 Å². The van der Waals surface area contributed by atoms with E-state index in [2.05, 4.69) is 33.9 Å². The normalized spacial score (nSPS) is 17.1. The van der Waals surface area contributed by atoms with E-state index in [1.54, 1.807) is 0 Å². The van der Waals surface area contributed by atoms with Gasteiger partial charge < -0.3 is 14.3 Å². The predicted molar refractivity (Wildman–Crippen MR) is 89.0 cm³/mol. The molecule has 0 saturated heterocycles. The second-order valence-electron chi connectivity index (χ2n) is 7.15. The van der Waals surface area contributed by atoms with E-state index < -0.39 is 20.3 Å². The molecule has 0 unspecified atom stereocenters. The molecule has 1 aromatic rings. The average Bonchev–Trinajstić information content (AvgIpc) is 2.38. The zero-order valence-corrected chi connectivity index (χ0v) is 15.0. The Morgan fingerprint density at radius 2 is 1.71 bits per heavy atom. The standard InChI is InChI=1S/C17H28O3Si/c1-13(20-21(5,6)17(2,3)4)16(19)15(12-18)14-10-8-7-9-11-14/h7-13,15-16,19H,1-6H3/t13-,15+,16+/m1/s1. The fourth-order valence-electron chi connectivity index (χ4n) is 2.03. The zero-order valence-electron chi connectivity index (χ0n) is 14.0. The van der Waals surface area contributed by atoms with Gasteiger partial charge in [0.1, 0.15) is 6.29 Å². The number of rotatable bonds is 6. The van der Waals surface area contributed by atoms with Crippen molar-refractivity contribution in [1.29, 1.82) is 0 Å². The molecule has 3 atom stereocenters. The van der Waals surface area contributed by atoms with E-state index in [1.807, 2.05) is 37.3 Å². The molecule has 0 aliphatic rings. The number of benzene rings is 1. The minimum atomic E-state index is -1.97. The monoisotopic (exact) mass is 308 g/mol. The summed E-state index contributed by atoms with van der Waals surface area (Å²) in [5.41, 5.74) is 0.825. The highest BCUT2D eigenvalue weighted by atomic mass is 28.4. The number of carbonyl (C=O) groups excluding carboxylic acids is 1. The first kappa shape index (κ1) is 18.1. The van der Waals surface area contributed by atoms with Crippen molar-refractivity contribution in [3.05, 3.63) is 35.9 Å². The third-order valence-electron chi connectivity index (χ3n) is 4.47. The van der Waals surface area contributed by atoms with Gasteiger partial charge in [0.2, 0.25) is 0 Å². The Balaban J connectivity index is 2.86. The summed E-state index contributed by atoms with van der Waals surface area (Å²) < 4.78 is 6.20. The quantitative estimate of drug-likeness (QED) is 0.643. The van der Waals surface area contributed by atoms with Crippen LogP contribution in [0.1, 0.15) is 39.2 Å². The van der Waals surface area contributed by atoms with Crippen LogP contribution in [-0.4, -0.2) is 31.9 Å². The summed E-state index contributed by atoms with van der Waals surface area (Å²) in [5, 5.41) is 10.6. The molecule has 0 aromatic heterocycles. The summed E-state index contributed by atoms with van der Waals surface area (Å²) in [4.78, 5) is 11.4. The van der Waals surface area contributed by atoms with Gasteiger partial charge in [-0.15, -0.1) is 0 Å². The van der Waals surface area contributed by atoms with Crippen LogP contribution in [0.3, 0.4) is 0 Å². The number of carbonyl (C=O) groups is 1. The number of hydrogen-bond acceptors (Lipinski definition) is 3. The van der Waals surface area contributed by atoms with Gasteiger partial charge in [0.05, 0.1) is 18.1 Å². The van der Waals surface area contributed by atoms with Gasteiger partial charge in [0.25, 0.3) is 0 Å². The van der Waals surface area contributed by atoms with Gasteiger partial charge in [-0.1, -0.05) is 51.1 Å². The Morgan fingerprint density at radius 3 is 2.14 bits per heavy atom. The highest BCUT2D eigenvalue weighted by Crippen LogP contribution is 2.38. The molecule has 21 heavy (non-hydrogen) atoms. The highest BCUT2D eigenvalue weighted by molar-refractivity contribution is 6.74. The third-order valence-corrected chi connectivity index (χ3v) is 9.04. The molecule has 0 bridgehead atoms. The van der Waals surface area contributed by atoms with Crippen molar-refractivity contribution < 1.29 is 14.3 Å². The van der Waals surface area contributed by atoms with E-state index in [0.717, 1.165) is 11.8 Å². The van der Waals surface area contributed by atoms with Crippen LogP contribution in [0.25, 0.3) is 0 Å². The third kappa shape index (κ3) is 4.50. The molecule has 3 nitrogen and oxygen atoms in total. The molecule has 1 aromatic carbocycles. The first-order valence-electron chi connectivity index (χ1n) is 7.46. The lowest BCUT2D eigenvalue weighted by molar-refractivity contribution is -0.113. The molecule has 0 aliphatic carbocycles. The van der Waals surface area contributed by atoms with Crippen LogP contribution in [0, 0.1) is 0 Å². The SMILES string of the molecule is C[C@@H](O[Si](C)(C)C(C)(C)C)[C@H](O)[C@@H](C=O)c1ccccc1. The van der Waals surface area contributed by atoms with Crippen LogP contribution in [-0.2, 0) is 9.22 Å². The highest BCUT2D eigenvalue weighted by Gasteiger charge is 2.40. The van der Waals surface area contributed by atoms with Crippen molar-refractivity contribution >= 4 is 14.6 Å². The van der Waals surface area contributed by atoms with E-state index in [0.29, 0.717) is 0 Å². The maximum Gasteiger partial charge on any atom is 0.192 e. The van der Waals surface area contributed by atoms with Gasteiger partial charge >= 0.3 is 0 Å². The molecule has 0 amide bonds. The van der Waals surface area contributed by atoms with Gasteiger partial charge in [-0.2, -0.15) is 0 Å². The number of aliphatic hydroxyl groups excluding tert-OH is 1. The van der Waals surface area contributed by atoms with Gasteiger partial charge in [0, 0.05) is 0 Å². The number of hydrogen-bond donors (Lipinski definition) is 1. The fraction of sp³-hybridized carbons (Fsp3) is 0.588. The molecule has 4 heteroatoms. The van der Waals surface area contributed by atoms with Crippen molar-refractivity contribution in [2.24, 2.45) is 0 Å². The molecule has 0 saturated carbocycles. The topological polar surface area (TPSA) is 46.5 Å². The second-order valence-corrected chi connectivity index (χ2v) is 11.9. The van der Waals surface area contributed by atoms with E-state index in [4.69, 9.17) is 4.43 Å². The van der Waals surface area contributed by atoms with Crippen LogP contribution in [0.5, 0.6) is 0 Å². The minimum Gasteiger partial charge on any atom is -0.412 e. The van der Waals surface area contributed by atoms with Crippen LogP contribution < -0.4 is 0 Å². The largest absolute Gasteiger partial charge is 0.412 e. The minimum absolute atomic E-state index is 0.0738. The summed E-state index contributed by atoms with van der Waals surface area (Å²) in [7, 11) is -1.97. The summed E-state index contributed by atoms with van der Waals surface area (Å²) >= 11 is 0. The molecule has 1 N–H and O–H groups in total. The zero-order chi connectivity index (χ0) is 16.3. The molecule has 1 rings (SSSR count). The van der Waals surface area contributed by atoms with Crippen molar-refractivity contribution in [2.75, 3.05) is 0 Å². The summed E-state index contributed by atoms with van der Waals surface area (Å²) in [6.07, 6.45) is -0.397. The Kier molecular flexibility index (Phi) is 5.90. The predicted octanol–water partition coefficient (Wildman–Crippen LogP) is 3.74. The Morgan fingerprint density at radius 1 is 1.19 bits per heavy atom. The van der Waals surface area contributed by atoms with Crippen molar-refractivity contribution in [3.63, 3.8) is 0 Å². The van der Waals surface area contributed by atoms with Crippen LogP contribution in [0.2, 0.25) is 18.1 Å². The molecule has 0 fully saturated rings. The molecule has 0 radical (unpaired) electrons. The van der Waals surface area contributed by atoms with E-state index in [-0.39, 0.29) is 11.1 Å². The Labute approximate surface area is 129 Å². The molecule has 0 spiro atoms. The van der Waals surface area contributed by atoms with Gasteiger partial charge in [0.15, 0.2) is 8.32 Å². The maximum atomic E-state index is 11.4. The summed E-state index contributed by atoms with van der Waals surface area (Å²) in [5.74, 6) is -0.550. The molecule has 118 valence electrons.